The van der Waals surface area contributed by atoms with Crippen molar-refractivity contribution in [3.8, 4) is 0 Å². The Bertz CT molecular complexity index is 416. The molecule has 3 aliphatic rings. The third-order valence-corrected chi connectivity index (χ3v) is 6.30. The molecule has 2 heterocycles. The molecule has 110 valence electrons. The van der Waals surface area contributed by atoms with E-state index < -0.39 is 15.9 Å². The summed E-state index contributed by atoms with van der Waals surface area (Å²) in [5.74, 6) is 0.694. The molecule has 0 spiro atoms. The normalized spacial score (nSPS) is 38.7. The first-order valence-corrected chi connectivity index (χ1v) is 9.22. The second kappa shape index (κ2) is 5.31. The molecule has 0 aromatic rings. The number of nitrogens with one attached hydrogen (secondary N) is 1. The summed E-state index contributed by atoms with van der Waals surface area (Å²) < 4.78 is 23.4. The van der Waals surface area contributed by atoms with E-state index >= 15 is 0 Å². The zero-order valence-corrected chi connectivity index (χ0v) is 12.1. The van der Waals surface area contributed by atoms with Gasteiger partial charge in [0.25, 0.3) is 0 Å². The summed E-state index contributed by atoms with van der Waals surface area (Å²) in [6.45, 7) is 3.06. The van der Waals surface area contributed by atoms with Crippen molar-refractivity contribution >= 4 is 9.84 Å². The van der Waals surface area contributed by atoms with Crippen LogP contribution in [0.2, 0.25) is 0 Å². The van der Waals surface area contributed by atoms with Crippen LogP contribution in [0.15, 0.2) is 0 Å². The first-order valence-electron chi connectivity index (χ1n) is 7.40. The lowest BCUT2D eigenvalue weighted by molar-refractivity contribution is 0.0633. The molecule has 0 aromatic carbocycles. The highest BCUT2D eigenvalue weighted by atomic mass is 32.2. The van der Waals surface area contributed by atoms with Crippen molar-refractivity contribution in [3.05, 3.63) is 0 Å². The van der Waals surface area contributed by atoms with Crippen LogP contribution in [-0.4, -0.2) is 67.8 Å². The maximum Gasteiger partial charge on any atom is 0.154 e. The molecule has 1 saturated carbocycles. The number of piperidine rings is 1. The van der Waals surface area contributed by atoms with Crippen LogP contribution in [0.3, 0.4) is 0 Å². The first-order chi connectivity index (χ1) is 9.05. The van der Waals surface area contributed by atoms with Crippen molar-refractivity contribution in [3.63, 3.8) is 0 Å². The van der Waals surface area contributed by atoms with Crippen LogP contribution in [0, 0.1) is 5.92 Å². The average molecular weight is 288 g/mol. The molecule has 2 saturated heterocycles. The Hall–Kier alpha value is -0.170. The highest BCUT2D eigenvalue weighted by Gasteiger charge is 2.45. The minimum Gasteiger partial charge on any atom is -0.390 e. The van der Waals surface area contributed by atoms with Crippen LogP contribution in [0.5, 0.6) is 0 Å². The van der Waals surface area contributed by atoms with Gasteiger partial charge in [0.1, 0.15) is 0 Å². The van der Waals surface area contributed by atoms with E-state index in [0.717, 1.165) is 32.5 Å². The molecule has 3 unspecified atom stereocenters. The monoisotopic (exact) mass is 288 g/mol. The van der Waals surface area contributed by atoms with E-state index in [1.54, 1.807) is 0 Å². The number of rotatable bonds is 4. The minimum atomic E-state index is -3.04. The van der Waals surface area contributed by atoms with Crippen LogP contribution >= 0.6 is 0 Å². The largest absolute Gasteiger partial charge is 0.390 e. The van der Waals surface area contributed by atoms with E-state index in [-0.39, 0.29) is 17.5 Å². The van der Waals surface area contributed by atoms with Gasteiger partial charge in [-0.15, -0.1) is 0 Å². The lowest BCUT2D eigenvalue weighted by Gasteiger charge is -2.35. The van der Waals surface area contributed by atoms with Gasteiger partial charge in [0.05, 0.1) is 23.7 Å². The summed E-state index contributed by atoms with van der Waals surface area (Å²) in [6, 6.07) is 0.342. The number of nitrogens with zero attached hydrogens (tertiary/aromatic N) is 1. The highest BCUT2D eigenvalue weighted by molar-refractivity contribution is 7.91. The molecule has 5 nitrogen and oxygen atoms in total. The fourth-order valence-corrected chi connectivity index (χ4v) is 5.28. The van der Waals surface area contributed by atoms with Gasteiger partial charge in [0.15, 0.2) is 9.84 Å². The highest BCUT2D eigenvalue weighted by Crippen LogP contribution is 2.33. The predicted molar refractivity (Wildman–Crippen MR) is 73.8 cm³/mol. The number of aliphatic hydroxyl groups excluding tert-OH is 1. The molecule has 3 atom stereocenters. The second-order valence-electron chi connectivity index (χ2n) is 6.35. The molecule has 0 aromatic heterocycles. The SMILES string of the molecule is O=S1(=O)CC(O)C(N(CC2CCCNC2)C2CC2)C1. The molecule has 0 amide bonds. The molecular formula is C13H24N2O3S. The topological polar surface area (TPSA) is 69.6 Å². The Morgan fingerprint density at radius 3 is 2.53 bits per heavy atom. The van der Waals surface area contributed by atoms with Crippen molar-refractivity contribution in [2.24, 2.45) is 5.92 Å². The number of aliphatic hydroxyl groups is 1. The number of hydrogen-bond donors (Lipinski definition) is 2. The van der Waals surface area contributed by atoms with Crippen molar-refractivity contribution in [1.29, 1.82) is 0 Å². The lowest BCUT2D eigenvalue weighted by Crippen LogP contribution is -2.48. The summed E-state index contributed by atoms with van der Waals surface area (Å²) >= 11 is 0. The van der Waals surface area contributed by atoms with Gasteiger partial charge in [-0.3, -0.25) is 4.90 Å². The van der Waals surface area contributed by atoms with Gasteiger partial charge in [0.2, 0.25) is 0 Å². The molecule has 6 heteroatoms. The fourth-order valence-electron chi connectivity index (χ4n) is 3.47. The van der Waals surface area contributed by atoms with Gasteiger partial charge < -0.3 is 10.4 Å². The summed E-state index contributed by atoms with van der Waals surface area (Å²) in [4.78, 5) is 2.30. The van der Waals surface area contributed by atoms with Crippen LogP contribution in [-0.2, 0) is 9.84 Å². The van der Waals surface area contributed by atoms with E-state index in [2.05, 4.69) is 10.2 Å². The Balaban J connectivity index is 1.67. The van der Waals surface area contributed by atoms with E-state index in [4.69, 9.17) is 0 Å². The van der Waals surface area contributed by atoms with Gasteiger partial charge in [-0.25, -0.2) is 8.42 Å². The molecule has 0 bridgehead atoms. The second-order valence-corrected chi connectivity index (χ2v) is 8.51. The van der Waals surface area contributed by atoms with E-state index in [1.807, 2.05) is 0 Å². The summed E-state index contributed by atoms with van der Waals surface area (Å²) in [5, 5.41) is 13.5. The molecule has 19 heavy (non-hydrogen) atoms. The van der Waals surface area contributed by atoms with Gasteiger partial charge in [0, 0.05) is 12.6 Å². The number of hydrogen-bond acceptors (Lipinski definition) is 5. The summed E-state index contributed by atoms with van der Waals surface area (Å²) in [6.07, 6.45) is 4.04. The molecule has 2 N–H and O–H groups in total. The Kier molecular flexibility index (Phi) is 3.86. The van der Waals surface area contributed by atoms with Gasteiger partial charge >= 0.3 is 0 Å². The van der Waals surface area contributed by atoms with Crippen LogP contribution in [0.1, 0.15) is 25.7 Å². The maximum absolute atomic E-state index is 11.7. The zero-order valence-electron chi connectivity index (χ0n) is 11.3. The van der Waals surface area contributed by atoms with E-state index in [0.29, 0.717) is 12.0 Å². The van der Waals surface area contributed by atoms with Gasteiger partial charge in [-0.2, -0.15) is 0 Å². The van der Waals surface area contributed by atoms with Crippen molar-refractivity contribution < 1.29 is 13.5 Å². The average Bonchev–Trinajstić information content (AvgIpc) is 3.14. The van der Waals surface area contributed by atoms with Gasteiger partial charge in [-0.05, 0) is 44.7 Å². The quantitative estimate of drug-likeness (QED) is 0.737. The summed E-state index contributed by atoms with van der Waals surface area (Å²) in [7, 11) is -3.04. The fraction of sp³-hybridized carbons (Fsp3) is 1.00. The smallest absolute Gasteiger partial charge is 0.154 e. The van der Waals surface area contributed by atoms with Crippen LogP contribution < -0.4 is 5.32 Å². The molecular weight excluding hydrogens is 264 g/mol. The van der Waals surface area contributed by atoms with Crippen molar-refractivity contribution in [2.45, 2.75) is 43.9 Å². The number of sulfone groups is 1. The Morgan fingerprint density at radius 1 is 1.21 bits per heavy atom. The van der Waals surface area contributed by atoms with E-state index in [1.165, 1.54) is 12.8 Å². The molecule has 0 radical (unpaired) electrons. The minimum absolute atomic E-state index is 0.0518. The predicted octanol–water partition coefficient (Wildman–Crippen LogP) is -0.392. The molecule has 3 rings (SSSR count). The Morgan fingerprint density at radius 2 is 2.00 bits per heavy atom. The zero-order chi connectivity index (χ0) is 13.5. The lowest BCUT2D eigenvalue weighted by atomic mass is 9.98. The van der Waals surface area contributed by atoms with Crippen molar-refractivity contribution in [1.82, 2.24) is 10.2 Å². The van der Waals surface area contributed by atoms with Crippen molar-refractivity contribution in [2.75, 3.05) is 31.1 Å². The Labute approximate surface area is 115 Å². The molecule has 1 aliphatic carbocycles. The third kappa shape index (κ3) is 3.29. The first kappa shape index (κ1) is 13.8. The third-order valence-electron chi connectivity index (χ3n) is 4.60. The van der Waals surface area contributed by atoms with E-state index in [9.17, 15) is 13.5 Å². The van der Waals surface area contributed by atoms with Crippen LogP contribution in [0.25, 0.3) is 0 Å². The molecule has 2 aliphatic heterocycles. The van der Waals surface area contributed by atoms with Crippen LogP contribution in [0.4, 0.5) is 0 Å². The summed E-state index contributed by atoms with van der Waals surface area (Å²) in [5.41, 5.74) is 0. The standard InChI is InChI=1S/C13H24N2O3S/c16-13-9-19(17,18)8-12(13)15(11-3-4-11)7-10-2-1-5-14-6-10/h10-14,16H,1-9H2. The maximum atomic E-state index is 11.7. The molecule has 3 fully saturated rings. The van der Waals surface area contributed by atoms with Gasteiger partial charge in [-0.1, -0.05) is 0 Å².